The number of rotatable bonds is 4. The maximum Gasteiger partial charge on any atom is 0.0771 e. The number of aliphatic hydroxyl groups excluding tert-OH is 1. The van der Waals surface area contributed by atoms with E-state index in [1.165, 1.54) is 6.42 Å². The van der Waals surface area contributed by atoms with E-state index in [1.54, 1.807) is 6.92 Å². The van der Waals surface area contributed by atoms with Gasteiger partial charge in [0.05, 0.1) is 11.7 Å². The Kier molecular flexibility index (Phi) is 4.15. The predicted molar refractivity (Wildman–Crippen MR) is 61.8 cm³/mol. The van der Waals surface area contributed by atoms with Crippen molar-refractivity contribution in [3.05, 3.63) is 0 Å². The van der Waals surface area contributed by atoms with Gasteiger partial charge in [0.25, 0.3) is 0 Å². The molecule has 3 heteroatoms. The summed E-state index contributed by atoms with van der Waals surface area (Å²) < 4.78 is 0. The summed E-state index contributed by atoms with van der Waals surface area (Å²) in [4.78, 5) is 0. The summed E-state index contributed by atoms with van der Waals surface area (Å²) in [7, 11) is 0. The van der Waals surface area contributed by atoms with E-state index in [0.29, 0.717) is 6.54 Å². The third kappa shape index (κ3) is 3.74. The second-order valence-electron chi connectivity index (χ2n) is 5.54. The molecule has 0 aromatic rings. The van der Waals surface area contributed by atoms with Crippen LogP contribution in [-0.4, -0.2) is 34.0 Å². The maximum absolute atomic E-state index is 10.3. The lowest BCUT2D eigenvalue weighted by Crippen LogP contribution is -2.54. The van der Waals surface area contributed by atoms with Gasteiger partial charge in [-0.2, -0.15) is 0 Å². The van der Waals surface area contributed by atoms with Gasteiger partial charge >= 0.3 is 0 Å². The van der Waals surface area contributed by atoms with Gasteiger partial charge < -0.3 is 15.5 Å². The smallest absolute Gasteiger partial charge is 0.0771 e. The van der Waals surface area contributed by atoms with Crippen molar-refractivity contribution in [2.24, 2.45) is 0 Å². The molecule has 1 aliphatic carbocycles. The van der Waals surface area contributed by atoms with E-state index in [9.17, 15) is 10.2 Å². The van der Waals surface area contributed by atoms with E-state index in [4.69, 9.17) is 0 Å². The average Bonchev–Trinajstić information content (AvgIpc) is 2.16. The number of hydrogen-bond acceptors (Lipinski definition) is 3. The van der Waals surface area contributed by atoms with Crippen molar-refractivity contribution < 1.29 is 10.2 Å². The highest BCUT2D eigenvalue weighted by atomic mass is 16.3. The largest absolute Gasteiger partial charge is 0.392 e. The molecule has 90 valence electrons. The molecule has 0 radical (unpaired) electrons. The lowest BCUT2D eigenvalue weighted by atomic mass is 9.84. The normalized spacial score (nSPS) is 23.8. The van der Waals surface area contributed by atoms with Gasteiger partial charge in [0.1, 0.15) is 0 Å². The van der Waals surface area contributed by atoms with Crippen molar-refractivity contribution in [1.29, 1.82) is 0 Å². The molecule has 15 heavy (non-hydrogen) atoms. The van der Waals surface area contributed by atoms with Crippen LogP contribution < -0.4 is 5.32 Å². The van der Waals surface area contributed by atoms with Crippen LogP contribution in [0, 0.1) is 0 Å². The molecule has 0 aromatic carbocycles. The standard InChI is InChI=1S/C12H25NO2/c1-10(14)11(2,3)13-9-12(15)7-5-4-6-8-12/h10,13-15H,4-9H2,1-3H3. The Morgan fingerprint density at radius 1 is 1.27 bits per heavy atom. The highest BCUT2D eigenvalue weighted by Crippen LogP contribution is 2.28. The van der Waals surface area contributed by atoms with E-state index >= 15 is 0 Å². The lowest BCUT2D eigenvalue weighted by molar-refractivity contribution is -0.00962. The monoisotopic (exact) mass is 215 g/mol. The minimum atomic E-state index is -0.551. The summed E-state index contributed by atoms with van der Waals surface area (Å²) in [5, 5.41) is 23.1. The average molecular weight is 215 g/mol. The van der Waals surface area contributed by atoms with E-state index in [2.05, 4.69) is 5.32 Å². The van der Waals surface area contributed by atoms with Crippen molar-refractivity contribution in [2.45, 2.75) is 70.1 Å². The maximum atomic E-state index is 10.3. The number of hydrogen-bond donors (Lipinski definition) is 3. The Hall–Kier alpha value is -0.120. The van der Waals surface area contributed by atoms with Gasteiger partial charge in [0, 0.05) is 12.1 Å². The van der Waals surface area contributed by atoms with Crippen LogP contribution in [0.1, 0.15) is 52.9 Å². The predicted octanol–water partition coefficient (Wildman–Crippen LogP) is 1.43. The minimum Gasteiger partial charge on any atom is -0.392 e. The SMILES string of the molecule is CC(O)C(C)(C)NCC1(O)CCCCC1. The van der Waals surface area contributed by atoms with Gasteiger partial charge in [-0.15, -0.1) is 0 Å². The van der Waals surface area contributed by atoms with Crippen LogP contribution in [0.2, 0.25) is 0 Å². The summed E-state index contributed by atoms with van der Waals surface area (Å²) in [5.74, 6) is 0. The summed E-state index contributed by atoms with van der Waals surface area (Å²) in [6.45, 7) is 6.29. The third-order valence-electron chi connectivity index (χ3n) is 3.70. The summed E-state index contributed by atoms with van der Waals surface area (Å²) in [6, 6.07) is 0. The molecule has 0 bridgehead atoms. The van der Waals surface area contributed by atoms with Gasteiger partial charge in [0.2, 0.25) is 0 Å². The van der Waals surface area contributed by atoms with Gasteiger partial charge in [-0.1, -0.05) is 19.3 Å². The highest BCUT2D eigenvalue weighted by Gasteiger charge is 2.32. The van der Waals surface area contributed by atoms with Crippen molar-refractivity contribution in [1.82, 2.24) is 5.32 Å². The molecular weight excluding hydrogens is 190 g/mol. The zero-order valence-corrected chi connectivity index (χ0v) is 10.2. The van der Waals surface area contributed by atoms with E-state index in [0.717, 1.165) is 25.7 Å². The van der Waals surface area contributed by atoms with Crippen molar-refractivity contribution in [3.63, 3.8) is 0 Å². The Labute approximate surface area is 92.9 Å². The van der Waals surface area contributed by atoms with Crippen LogP contribution in [0.4, 0.5) is 0 Å². The molecule has 1 aliphatic rings. The fraction of sp³-hybridized carbons (Fsp3) is 1.00. The van der Waals surface area contributed by atoms with Crippen molar-refractivity contribution >= 4 is 0 Å². The van der Waals surface area contributed by atoms with Crippen LogP contribution in [0.5, 0.6) is 0 Å². The number of nitrogens with one attached hydrogen (secondary N) is 1. The summed E-state index contributed by atoms with van der Waals surface area (Å²) in [5.41, 5.74) is -0.877. The molecular formula is C12H25NO2. The zero-order valence-electron chi connectivity index (χ0n) is 10.2. The van der Waals surface area contributed by atoms with E-state index in [-0.39, 0.29) is 5.54 Å². The van der Waals surface area contributed by atoms with Crippen LogP contribution in [-0.2, 0) is 0 Å². The van der Waals surface area contributed by atoms with Crippen LogP contribution >= 0.6 is 0 Å². The molecule has 0 saturated heterocycles. The fourth-order valence-corrected chi connectivity index (χ4v) is 1.93. The Bertz CT molecular complexity index is 196. The third-order valence-corrected chi connectivity index (χ3v) is 3.70. The molecule has 1 fully saturated rings. The molecule has 1 atom stereocenters. The minimum absolute atomic E-state index is 0.326. The first-order chi connectivity index (χ1) is 6.86. The molecule has 0 spiro atoms. The first-order valence-electron chi connectivity index (χ1n) is 6.01. The van der Waals surface area contributed by atoms with Gasteiger partial charge in [-0.05, 0) is 33.6 Å². The molecule has 0 aliphatic heterocycles. The molecule has 3 nitrogen and oxygen atoms in total. The van der Waals surface area contributed by atoms with E-state index in [1.807, 2.05) is 13.8 Å². The number of aliphatic hydroxyl groups is 2. The summed E-state index contributed by atoms with van der Waals surface area (Å²) in [6.07, 6.45) is 4.83. The van der Waals surface area contributed by atoms with E-state index < -0.39 is 11.7 Å². The number of β-amino-alcohol motifs (C(OH)–C–C–N with tert-alkyl or cyclic N) is 1. The Morgan fingerprint density at radius 2 is 1.80 bits per heavy atom. The fourth-order valence-electron chi connectivity index (χ4n) is 1.93. The quantitative estimate of drug-likeness (QED) is 0.665. The Balaban J connectivity index is 2.41. The summed E-state index contributed by atoms with van der Waals surface area (Å²) >= 11 is 0. The van der Waals surface area contributed by atoms with Crippen molar-refractivity contribution in [2.75, 3.05) is 6.54 Å². The molecule has 0 heterocycles. The van der Waals surface area contributed by atoms with Crippen LogP contribution in [0.3, 0.4) is 0 Å². The van der Waals surface area contributed by atoms with Crippen molar-refractivity contribution in [3.8, 4) is 0 Å². The first kappa shape index (κ1) is 12.9. The Morgan fingerprint density at radius 3 is 2.27 bits per heavy atom. The molecule has 1 unspecified atom stereocenters. The molecule has 1 saturated carbocycles. The molecule has 0 amide bonds. The van der Waals surface area contributed by atoms with Gasteiger partial charge in [0.15, 0.2) is 0 Å². The topological polar surface area (TPSA) is 52.5 Å². The zero-order chi connectivity index (χ0) is 11.5. The second kappa shape index (κ2) is 4.81. The van der Waals surface area contributed by atoms with Gasteiger partial charge in [-0.25, -0.2) is 0 Å². The highest BCUT2D eigenvalue weighted by molar-refractivity contribution is 4.90. The van der Waals surface area contributed by atoms with Crippen LogP contribution in [0.25, 0.3) is 0 Å². The lowest BCUT2D eigenvalue weighted by Gasteiger charge is -2.37. The van der Waals surface area contributed by atoms with Crippen LogP contribution in [0.15, 0.2) is 0 Å². The molecule has 3 N–H and O–H groups in total. The molecule has 0 aromatic heterocycles. The second-order valence-corrected chi connectivity index (χ2v) is 5.54. The molecule has 1 rings (SSSR count). The first-order valence-corrected chi connectivity index (χ1v) is 6.01. The van der Waals surface area contributed by atoms with Gasteiger partial charge in [-0.3, -0.25) is 0 Å².